The predicted molar refractivity (Wildman–Crippen MR) is 178 cm³/mol. The summed E-state index contributed by atoms with van der Waals surface area (Å²) in [6.45, 7) is 4.20. The van der Waals surface area contributed by atoms with Crippen LogP contribution >= 0.6 is 0 Å². The molecule has 0 saturated heterocycles. The second kappa shape index (κ2) is 13.8. The van der Waals surface area contributed by atoms with Gasteiger partial charge in [0.25, 0.3) is 17.7 Å². The zero-order valence-electron chi connectivity index (χ0n) is 25.9. The number of anilines is 2. The van der Waals surface area contributed by atoms with Gasteiger partial charge in [0.2, 0.25) is 0 Å². The summed E-state index contributed by atoms with van der Waals surface area (Å²) in [4.78, 5) is 42.9. The van der Waals surface area contributed by atoms with Crippen LogP contribution in [-0.4, -0.2) is 55.6 Å². The Morgan fingerprint density at radius 1 is 0.826 bits per heavy atom. The number of amidine groups is 1. The Morgan fingerprint density at radius 2 is 1.41 bits per heavy atom. The third-order valence-corrected chi connectivity index (χ3v) is 7.00. The fourth-order valence-electron chi connectivity index (χ4n) is 4.75. The molecule has 5 rings (SSSR count). The molecule has 5 aromatic rings. The summed E-state index contributed by atoms with van der Waals surface area (Å²) in [6, 6.07) is 16.0. The van der Waals surface area contributed by atoms with Crippen LogP contribution in [-0.2, 0) is 14.1 Å². The first-order valence-corrected chi connectivity index (χ1v) is 14.6. The lowest BCUT2D eigenvalue weighted by Gasteiger charge is -2.06. The van der Waals surface area contributed by atoms with Crippen LogP contribution in [0.4, 0.5) is 11.4 Å². The van der Waals surface area contributed by atoms with Crippen LogP contribution < -0.4 is 21.7 Å². The molecule has 3 aromatic heterocycles. The summed E-state index contributed by atoms with van der Waals surface area (Å²) in [5.41, 5.74) is 11.2. The van der Waals surface area contributed by atoms with Crippen LogP contribution in [0.2, 0.25) is 0 Å². The molecular weight excluding hydrogens is 586 g/mol. The van der Waals surface area contributed by atoms with Crippen molar-refractivity contribution in [3.8, 4) is 0 Å². The second-order valence-corrected chi connectivity index (χ2v) is 11.0. The highest BCUT2D eigenvalue weighted by molar-refractivity contribution is 6.07. The van der Waals surface area contributed by atoms with Crippen LogP contribution in [0, 0.1) is 0 Å². The van der Waals surface area contributed by atoms with Crippen LogP contribution in [0.25, 0.3) is 23.2 Å². The van der Waals surface area contributed by atoms with Gasteiger partial charge in [0, 0.05) is 51.1 Å². The highest BCUT2D eigenvalue weighted by Crippen LogP contribution is 2.19. The van der Waals surface area contributed by atoms with Crippen molar-refractivity contribution in [3.63, 3.8) is 0 Å². The number of aryl methyl sites for hydroxylation is 2. The largest absolute Gasteiger partial charge is 0.387 e. The van der Waals surface area contributed by atoms with Gasteiger partial charge in [-0.2, -0.15) is 0 Å². The lowest BCUT2D eigenvalue weighted by molar-refractivity contribution is 0.0945. The van der Waals surface area contributed by atoms with E-state index >= 15 is 0 Å². The van der Waals surface area contributed by atoms with Crippen LogP contribution in [0.3, 0.4) is 0 Å². The van der Waals surface area contributed by atoms with Crippen molar-refractivity contribution < 1.29 is 19.0 Å². The van der Waals surface area contributed by atoms with Gasteiger partial charge in [-0.05, 0) is 71.7 Å². The maximum Gasteiger partial charge on any atom is 0.272 e. The van der Waals surface area contributed by atoms with Gasteiger partial charge in [-0.3, -0.25) is 19.4 Å². The van der Waals surface area contributed by atoms with Crippen molar-refractivity contribution in [1.82, 2.24) is 24.8 Å². The van der Waals surface area contributed by atoms with Crippen molar-refractivity contribution in [2.24, 2.45) is 24.8 Å². The molecule has 0 fully saturated rings. The fraction of sp³-hybridized carbons (Fsp3) is 0.212. The number of nitrogens with two attached hydrogens (primary N) is 1. The predicted octanol–water partition coefficient (Wildman–Crippen LogP) is 4.46. The van der Waals surface area contributed by atoms with E-state index < -0.39 is 5.91 Å². The van der Waals surface area contributed by atoms with Crippen molar-refractivity contribution >= 4 is 58.1 Å². The average Bonchev–Trinajstić information content (AvgIpc) is 3.73. The lowest BCUT2D eigenvalue weighted by Crippen LogP contribution is -2.29. The Kier molecular flexibility index (Phi) is 9.41. The van der Waals surface area contributed by atoms with Gasteiger partial charge in [-0.15, -0.1) is 0 Å². The zero-order valence-corrected chi connectivity index (χ0v) is 25.9. The summed E-state index contributed by atoms with van der Waals surface area (Å²) in [7, 11) is 3.43. The number of aromatic nitrogens is 4. The summed E-state index contributed by atoms with van der Waals surface area (Å²) < 4.78 is 7.98. The molecule has 0 aliphatic heterocycles. The van der Waals surface area contributed by atoms with E-state index in [9.17, 15) is 14.4 Å². The van der Waals surface area contributed by atoms with Crippen LogP contribution in [0.5, 0.6) is 0 Å². The number of hydrogen-bond donors (Lipinski definition) is 4. The number of benzene rings is 2. The summed E-state index contributed by atoms with van der Waals surface area (Å²) in [5, 5.41) is 16.1. The normalized spacial score (nSPS) is 11.8. The Morgan fingerprint density at radius 3 is 2.09 bits per heavy atom. The Labute approximate surface area is 265 Å². The number of carbonyl (C=O) groups excluding carboxylic acids is 3. The van der Waals surface area contributed by atoms with E-state index in [4.69, 9.17) is 10.4 Å². The molecule has 236 valence electrons. The molecule has 0 unspecified atom stereocenters. The second-order valence-electron chi connectivity index (χ2n) is 11.0. The zero-order chi connectivity index (χ0) is 32.8. The number of hydrogen-bond acceptors (Lipinski definition) is 7. The maximum absolute atomic E-state index is 13.1. The first-order chi connectivity index (χ1) is 22.0. The maximum atomic E-state index is 13.1. The van der Waals surface area contributed by atoms with Crippen molar-refractivity contribution in [3.05, 3.63) is 95.1 Å². The monoisotopic (exact) mass is 621 g/mol. The van der Waals surface area contributed by atoms with Gasteiger partial charge < -0.3 is 30.8 Å². The third kappa shape index (κ3) is 7.75. The number of rotatable bonds is 11. The lowest BCUT2D eigenvalue weighted by atomic mass is 10.1. The molecule has 0 spiro atoms. The Bertz CT molecular complexity index is 1940. The first-order valence-electron chi connectivity index (χ1n) is 14.6. The molecular formula is C33H35N9O4. The van der Waals surface area contributed by atoms with Gasteiger partial charge in [0.1, 0.15) is 22.4 Å². The minimum Gasteiger partial charge on any atom is -0.387 e. The standard InChI is InChI=1S/C33H35N9O4/c1-20(2)36-30(34)13-14-35-32(44)28-16-25(19-41(28)3)38-33(45)29-17-24(18-42(29)4)37-31(43)23-10-7-21(8-11-23)5-6-22-9-12-26-27(15-22)40-46-39-26/h5-12,15-20H,13-14H2,1-4H3,(H2,34,36)(H,35,44)(H,37,43)(H,38,45)/b6-5+. The quantitative estimate of drug-likeness (QED) is 0.0957. The van der Waals surface area contributed by atoms with E-state index in [-0.39, 0.29) is 17.9 Å². The van der Waals surface area contributed by atoms with Crippen LogP contribution in [0.15, 0.2) is 76.6 Å². The van der Waals surface area contributed by atoms with E-state index in [2.05, 4.69) is 31.3 Å². The molecule has 13 heteroatoms. The molecule has 0 bridgehead atoms. The van der Waals surface area contributed by atoms with Gasteiger partial charge in [0.05, 0.1) is 17.2 Å². The molecule has 3 amide bonds. The molecule has 0 atom stereocenters. The molecule has 5 N–H and O–H groups in total. The van der Waals surface area contributed by atoms with E-state index in [1.165, 1.54) is 0 Å². The van der Waals surface area contributed by atoms with Crippen molar-refractivity contribution in [1.29, 1.82) is 0 Å². The van der Waals surface area contributed by atoms with Crippen molar-refractivity contribution in [2.75, 3.05) is 17.2 Å². The minimum atomic E-state index is -0.395. The number of aliphatic imine (C=N–C) groups is 1. The highest BCUT2D eigenvalue weighted by atomic mass is 16.6. The van der Waals surface area contributed by atoms with E-state index in [1.54, 1.807) is 59.9 Å². The number of nitrogens with one attached hydrogen (secondary N) is 3. The average molecular weight is 622 g/mol. The first kappa shape index (κ1) is 31.4. The molecule has 0 aliphatic carbocycles. The Hall–Kier alpha value is -5.98. The molecule has 3 heterocycles. The molecule has 0 radical (unpaired) electrons. The van der Waals surface area contributed by atoms with E-state index in [1.807, 2.05) is 56.3 Å². The number of fused-ring (bicyclic) bond motifs is 1. The molecule has 0 aliphatic rings. The Balaban J connectivity index is 1.16. The van der Waals surface area contributed by atoms with E-state index in [0.717, 1.165) is 11.1 Å². The summed E-state index contributed by atoms with van der Waals surface area (Å²) in [6.07, 6.45) is 7.62. The van der Waals surface area contributed by atoms with Gasteiger partial charge in [-0.1, -0.05) is 30.4 Å². The third-order valence-electron chi connectivity index (χ3n) is 7.00. The summed E-state index contributed by atoms with van der Waals surface area (Å²) in [5.74, 6) is -0.524. The summed E-state index contributed by atoms with van der Waals surface area (Å²) >= 11 is 0. The van der Waals surface area contributed by atoms with Gasteiger partial charge in [0.15, 0.2) is 0 Å². The van der Waals surface area contributed by atoms with Crippen LogP contribution in [0.1, 0.15) is 62.7 Å². The minimum absolute atomic E-state index is 0.0883. The molecule has 13 nitrogen and oxygen atoms in total. The number of carbonyl (C=O) groups is 3. The smallest absolute Gasteiger partial charge is 0.272 e. The van der Waals surface area contributed by atoms with Crippen molar-refractivity contribution in [2.45, 2.75) is 26.3 Å². The van der Waals surface area contributed by atoms with Gasteiger partial charge >= 0.3 is 0 Å². The number of nitrogens with zero attached hydrogens (tertiary/aromatic N) is 5. The number of amides is 3. The van der Waals surface area contributed by atoms with E-state index in [0.29, 0.717) is 58.2 Å². The SMILES string of the molecule is CC(C)N=C(N)CCNC(=O)c1cc(NC(=O)c2cc(NC(=O)c3ccc(/C=C/c4ccc5nonc5c4)cc3)cn2C)cn1C. The molecule has 2 aromatic carbocycles. The fourth-order valence-corrected chi connectivity index (χ4v) is 4.75. The molecule has 0 saturated carbocycles. The highest BCUT2D eigenvalue weighted by Gasteiger charge is 2.17. The van der Waals surface area contributed by atoms with Gasteiger partial charge in [-0.25, -0.2) is 4.63 Å². The molecule has 46 heavy (non-hydrogen) atoms. The topological polar surface area (TPSA) is 174 Å².